The summed E-state index contributed by atoms with van der Waals surface area (Å²) < 4.78 is 0. The third-order valence-corrected chi connectivity index (χ3v) is 4.19. The average molecular weight is 303 g/mol. The maximum Gasteiger partial charge on any atom is 0.258 e. The zero-order valence-corrected chi connectivity index (χ0v) is 11.8. The SMILES string of the molecule is O=C(Nc1nc(-c2cccs2)cs1)c1ccc(=O)[nH]c1. The van der Waals surface area contributed by atoms with Crippen molar-refractivity contribution in [1.29, 1.82) is 0 Å². The fraction of sp³-hybridized carbons (Fsp3) is 0. The Labute approximate surface area is 122 Å². The molecule has 3 heterocycles. The molecule has 3 aromatic rings. The molecule has 1 amide bonds. The summed E-state index contributed by atoms with van der Waals surface area (Å²) in [6, 6.07) is 6.72. The number of carbonyl (C=O) groups excluding carboxylic acids is 1. The van der Waals surface area contributed by atoms with Crippen LogP contribution in [0.3, 0.4) is 0 Å². The Morgan fingerprint density at radius 3 is 2.85 bits per heavy atom. The second-order valence-corrected chi connectivity index (χ2v) is 5.72. The first kappa shape index (κ1) is 12.8. The van der Waals surface area contributed by atoms with Crippen LogP contribution in [0.2, 0.25) is 0 Å². The number of thiazole rings is 1. The van der Waals surface area contributed by atoms with Gasteiger partial charge in [-0.2, -0.15) is 0 Å². The van der Waals surface area contributed by atoms with Gasteiger partial charge in [0.2, 0.25) is 5.56 Å². The number of anilines is 1. The molecule has 0 unspecified atom stereocenters. The van der Waals surface area contributed by atoms with Crippen LogP contribution in [0, 0.1) is 0 Å². The number of amides is 1. The predicted octanol–water partition coefficient (Wildman–Crippen LogP) is 2.81. The number of pyridine rings is 1. The number of aromatic nitrogens is 2. The highest BCUT2D eigenvalue weighted by molar-refractivity contribution is 7.16. The van der Waals surface area contributed by atoms with Gasteiger partial charge in [-0.3, -0.25) is 14.9 Å². The van der Waals surface area contributed by atoms with E-state index >= 15 is 0 Å². The van der Waals surface area contributed by atoms with Crippen LogP contribution >= 0.6 is 22.7 Å². The molecule has 0 aliphatic rings. The number of rotatable bonds is 3. The molecule has 0 aliphatic heterocycles. The molecule has 0 atom stereocenters. The van der Waals surface area contributed by atoms with E-state index in [2.05, 4.69) is 15.3 Å². The first-order valence-electron chi connectivity index (χ1n) is 5.72. The number of nitrogens with zero attached hydrogens (tertiary/aromatic N) is 1. The van der Waals surface area contributed by atoms with Crippen molar-refractivity contribution in [2.45, 2.75) is 0 Å². The number of aromatic amines is 1. The number of hydrogen-bond acceptors (Lipinski definition) is 5. The van der Waals surface area contributed by atoms with E-state index in [9.17, 15) is 9.59 Å². The van der Waals surface area contributed by atoms with Gasteiger partial charge in [0.05, 0.1) is 16.1 Å². The molecule has 0 aliphatic carbocycles. The summed E-state index contributed by atoms with van der Waals surface area (Å²) in [5, 5.41) is 7.12. The van der Waals surface area contributed by atoms with E-state index in [0.717, 1.165) is 10.6 Å². The quantitative estimate of drug-likeness (QED) is 0.781. The molecular weight excluding hydrogens is 294 g/mol. The minimum absolute atomic E-state index is 0.240. The number of H-pyrrole nitrogens is 1. The smallest absolute Gasteiger partial charge is 0.258 e. The monoisotopic (exact) mass is 303 g/mol. The van der Waals surface area contributed by atoms with Gasteiger partial charge in [-0.25, -0.2) is 4.98 Å². The minimum Gasteiger partial charge on any atom is -0.328 e. The molecule has 0 saturated heterocycles. The Morgan fingerprint density at radius 2 is 2.15 bits per heavy atom. The van der Waals surface area contributed by atoms with Gasteiger partial charge < -0.3 is 4.98 Å². The van der Waals surface area contributed by atoms with Gasteiger partial charge in [0, 0.05) is 17.6 Å². The van der Waals surface area contributed by atoms with Gasteiger partial charge in [-0.05, 0) is 17.5 Å². The number of carbonyl (C=O) groups is 1. The van der Waals surface area contributed by atoms with Crippen molar-refractivity contribution in [1.82, 2.24) is 9.97 Å². The Hall–Kier alpha value is -2.25. The Balaban J connectivity index is 1.76. The lowest BCUT2D eigenvalue weighted by molar-refractivity contribution is 0.102. The molecule has 0 radical (unpaired) electrons. The average Bonchev–Trinajstić information content (AvgIpc) is 3.09. The summed E-state index contributed by atoms with van der Waals surface area (Å²) in [5.41, 5.74) is 0.995. The third-order valence-electron chi connectivity index (χ3n) is 2.54. The van der Waals surface area contributed by atoms with Crippen molar-refractivity contribution >= 4 is 33.7 Å². The molecule has 20 heavy (non-hydrogen) atoms. The molecule has 2 N–H and O–H groups in total. The topological polar surface area (TPSA) is 74.8 Å². The largest absolute Gasteiger partial charge is 0.328 e. The van der Waals surface area contributed by atoms with Crippen LogP contribution in [-0.4, -0.2) is 15.9 Å². The standard InChI is InChI=1S/C13H9N3O2S2/c17-11-4-3-8(6-14-11)12(18)16-13-15-9(7-20-13)10-2-1-5-19-10/h1-7H,(H,14,17)(H,15,16,18). The van der Waals surface area contributed by atoms with Crippen LogP contribution in [0.1, 0.15) is 10.4 Å². The van der Waals surface area contributed by atoms with Crippen LogP contribution < -0.4 is 10.9 Å². The second-order valence-electron chi connectivity index (χ2n) is 3.91. The molecule has 0 aromatic carbocycles. The van der Waals surface area contributed by atoms with Crippen molar-refractivity contribution < 1.29 is 4.79 Å². The Bertz CT molecular complexity index is 770. The van der Waals surface area contributed by atoms with Crippen molar-refractivity contribution in [3.63, 3.8) is 0 Å². The molecule has 3 rings (SSSR count). The normalized spacial score (nSPS) is 10.4. The Morgan fingerprint density at radius 1 is 1.25 bits per heavy atom. The van der Waals surface area contributed by atoms with Crippen LogP contribution in [0.15, 0.2) is 46.0 Å². The number of thiophene rings is 1. The van der Waals surface area contributed by atoms with Gasteiger partial charge in [0.15, 0.2) is 5.13 Å². The molecular formula is C13H9N3O2S2. The van der Waals surface area contributed by atoms with Gasteiger partial charge in [-0.15, -0.1) is 22.7 Å². The van der Waals surface area contributed by atoms with E-state index in [-0.39, 0.29) is 11.5 Å². The maximum absolute atomic E-state index is 12.0. The van der Waals surface area contributed by atoms with E-state index in [4.69, 9.17) is 0 Å². The third kappa shape index (κ3) is 2.68. The Kier molecular flexibility index (Phi) is 3.44. The summed E-state index contributed by atoms with van der Waals surface area (Å²) in [7, 11) is 0. The lowest BCUT2D eigenvalue weighted by Crippen LogP contribution is -2.14. The summed E-state index contributed by atoms with van der Waals surface area (Å²) in [5.74, 6) is -0.298. The molecule has 0 fully saturated rings. The first-order chi connectivity index (χ1) is 9.72. The van der Waals surface area contributed by atoms with E-state index in [1.165, 1.54) is 29.7 Å². The highest BCUT2D eigenvalue weighted by atomic mass is 32.1. The van der Waals surface area contributed by atoms with Gasteiger partial charge in [0.1, 0.15) is 0 Å². The lowest BCUT2D eigenvalue weighted by Gasteiger charge is -2.00. The van der Waals surface area contributed by atoms with E-state index in [0.29, 0.717) is 10.7 Å². The summed E-state index contributed by atoms with van der Waals surface area (Å²) in [6.45, 7) is 0. The van der Waals surface area contributed by atoms with E-state index in [1.54, 1.807) is 11.3 Å². The molecule has 0 spiro atoms. The predicted molar refractivity (Wildman–Crippen MR) is 80.4 cm³/mol. The highest BCUT2D eigenvalue weighted by Gasteiger charge is 2.10. The number of nitrogens with one attached hydrogen (secondary N) is 2. The fourth-order valence-electron chi connectivity index (χ4n) is 1.59. The molecule has 3 aromatic heterocycles. The van der Waals surface area contributed by atoms with E-state index in [1.807, 2.05) is 22.9 Å². The molecule has 0 bridgehead atoms. The first-order valence-corrected chi connectivity index (χ1v) is 7.48. The van der Waals surface area contributed by atoms with Crippen LogP contribution in [-0.2, 0) is 0 Å². The highest BCUT2D eigenvalue weighted by Crippen LogP contribution is 2.28. The summed E-state index contributed by atoms with van der Waals surface area (Å²) >= 11 is 2.96. The molecule has 100 valence electrons. The molecule has 7 heteroatoms. The lowest BCUT2D eigenvalue weighted by atomic mass is 10.3. The van der Waals surface area contributed by atoms with Crippen LogP contribution in [0.5, 0.6) is 0 Å². The second kappa shape index (κ2) is 5.40. The van der Waals surface area contributed by atoms with Gasteiger partial charge in [-0.1, -0.05) is 6.07 Å². The maximum atomic E-state index is 12.0. The van der Waals surface area contributed by atoms with Crippen molar-refractivity contribution in [3.8, 4) is 10.6 Å². The summed E-state index contributed by atoms with van der Waals surface area (Å²) in [4.78, 5) is 30.8. The van der Waals surface area contributed by atoms with Crippen molar-refractivity contribution in [2.75, 3.05) is 5.32 Å². The fourth-order valence-corrected chi connectivity index (χ4v) is 3.06. The van der Waals surface area contributed by atoms with Crippen LogP contribution in [0.4, 0.5) is 5.13 Å². The van der Waals surface area contributed by atoms with Gasteiger partial charge >= 0.3 is 0 Å². The van der Waals surface area contributed by atoms with Crippen molar-refractivity contribution in [3.05, 3.63) is 57.1 Å². The van der Waals surface area contributed by atoms with Crippen molar-refractivity contribution in [2.24, 2.45) is 0 Å². The molecule has 5 nitrogen and oxygen atoms in total. The zero-order valence-electron chi connectivity index (χ0n) is 10.1. The zero-order chi connectivity index (χ0) is 13.9. The number of hydrogen-bond donors (Lipinski definition) is 2. The van der Waals surface area contributed by atoms with E-state index < -0.39 is 0 Å². The van der Waals surface area contributed by atoms with Gasteiger partial charge in [0.25, 0.3) is 5.91 Å². The molecule has 0 saturated carbocycles. The summed E-state index contributed by atoms with van der Waals surface area (Å²) in [6.07, 6.45) is 1.38. The minimum atomic E-state index is -0.298. The van der Waals surface area contributed by atoms with Crippen LogP contribution in [0.25, 0.3) is 10.6 Å².